The average Bonchev–Trinajstić information content (AvgIpc) is 3.70. The van der Waals surface area contributed by atoms with E-state index in [1.165, 1.54) is 0 Å². The lowest BCUT2D eigenvalue weighted by molar-refractivity contribution is -0.000301. The minimum Gasteiger partial charge on any atom is -0.444 e. The van der Waals surface area contributed by atoms with E-state index in [-0.39, 0.29) is 17.7 Å². The minimum absolute atomic E-state index is 0.133. The highest BCUT2D eigenvalue weighted by atomic mass is 16.6. The first-order valence-electron chi connectivity index (χ1n) is 15.2. The van der Waals surface area contributed by atoms with Crippen molar-refractivity contribution in [3.05, 3.63) is 75.7 Å². The van der Waals surface area contributed by atoms with Gasteiger partial charge in [-0.15, -0.1) is 0 Å². The molecule has 10 heteroatoms. The minimum atomic E-state index is -0.567. The highest BCUT2D eigenvalue weighted by Crippen LogP contribution is 2.48. The molecule has 1 fully saturated rings. The molecule has 1 N–H and O–H groups in total. The molecule has 2 aromatic carbocycles. The van der Waals surface area contributed by atoms with Crippen molar-refractivity contribution in [2.75, 3.05) is 11.9 Å². The van der Waals surface area contributed by atoms with Crippen LogP contribution in [-0.4, -0.2) is 42.5 Å². The number of hydrogen-bond donors (Lipinski definition) is 1. The average molecular weight is 594 g/mol. The predicted octanol–water partition coefficient (Wildman–Crippen LogP) is 6.49. The number of nitriles is 1. The molecule has 228 valence electrons. The lowest BCUT2D eigenvalue weighted by Gasteiger charge is -2.44. The highest BCUT2D eigenvalue weighted by molar-refractivity contribution is 5.77. The first-order chi connectivity index (χ1) is 20.7. The lowest BCUT2D eigenvalue weighted by Crippen LogP contribution is -2.51. The molecule has 0 atom stereocenters. The molecule has 1 aliphatic heterocycles. The number of ether oxygens (including phenoxy) is 1. The summed E-state index contributed by atoms with van der Waals surface area (Å²) >= 11 is 0. The van der Waals surface area contributed by atoms with Crippen molar-refractivity contribution in [2.24, 2.45) is 0 Å². The van der Waals surface area contributed by atoms with Gasteiger partial charge in [0.15, 0.2) is 5.65 Å². The van der Waals surface area contributed by atoms with Gasteiger partial charge in [-0.3, -0.25) is 9.69 Å². The van der Waals surface area contributed by atoms with Crippen molar-refractivity contribution in [1.82, 2.24) is 24.2 Å². The summed E-state index contributed by atoms with van der Waals surface area (Å²) in [5, 5.41) is 13.5. The third-order valence-corrected chi connectivity index (χ3v) is 8.63. The van der Waals surface area contributed by atoms with E-state index >= 15 is 0 Å². The van der Waals surface area contributed by atoms with Gasteiger partial charge in [-0.2, -0.15) is 10.2 Å². The van der Waals surface area contributed by atoms with Crippen LogP contribution in [0.1, 0.15) is 84.0 Å². The number of rotatable bonds is 5. The summed E-state index contributed by atoms with van der Waals surface area (Å²) < 4.78 is 9.21. The maximum absolute atomic E-state index is 13.5. The molecule has 2 aliphatic rings. The molecule has 1 amide bonds. The number of fused-ring (bicyclic) bond motifs is 2. The molecule has 3 heterocycles. The predicted molar refractivity (Wildman–Crippen MR) is 169 cm³/mol. The SMILES string of the molecule is CC(C)n1c(=O)c2cnc(Nc3ccc4c(c3)CCN(C(=O)OC(C)(C)C)C4(C)C)nc2n1-c1cccc(C2(C#N)CC2)c1. The zero-order valence-corrected chi connectivity index (χ0v) is 26.4. The molecule has 4 aromatic rings. The normalized spacial score (nSPS) is 16.8. The van der Waals surface area contributed by atoms with Crippen molar-refractivity contribution in [1.29, 1.82) is 5.26 Å². The van der Waals surface area contributed by atoms with Gasteiger partial charge in [0, 0.05) is 24.5 Å². The number of hydrogen-bond acceptors (Lipinski definition) is 7. The zero-order chi connectivity index (χ0) is 31.6. The van der Waals surface area contributed by atoms with Gasteiger partial charge in [-0.05, 0) is 109 Å². The van der Waals surface area contributed by atoms with Gasteiger partial charge in [0.1, 0.15) is 11.0 Å². The van der Waals surface area contributed by atoms with Crippen LogP contribution in [0.25, 0.3) is 16.7 Å². The standard InChI is InChI=1S/C34H39N7O3/c1-21(2)40-29(42)26-19-36-30(38-28(26)41(40)25-10-8-9-23(18-25)34(20-35)14-15-34)37-24-11-12-27-22(17-24)13-16-39(33(27,6)7)31(43)44-32(3,4)5/h8-12,17-19,21H,13-16H2,1-7H3,(H,36,37,38). The van der Waals surface area contributed by atoms with Crippen LogP contribution in [0.4, 0.5) is 16.4 Å². The first kappa shape index (κ1) is 29.4. The van der Waals surface area contributed by atoms with Gasteiger partial charge >= 0.3 is 6.09 Å². The van der Waals surface area contributed by atoms with E-state index in [9.17, 15) is 14.9 Å². The van der Waals surface area contributed by atoms with Gasteiger partial charge in [-0.1, -0.05) is 18.2 Å². The lowest BCUT2D eigenvalue weighted by atomic mass is 9.83. The summed E-state index contributed by atoms with van der Waals surface area (Å²) in [6.07, 6.45) is 3.61. The molecule has 0 unspecified atom stereocenters. The Balaban J connectivity index is 1.35. The van der Waals surface area contributed by atoms with Gasteiger partial charge in [0.25, 0.3) is 5.56 Å². The second-order valence-corrected chi connectivity index (χ2v) is 13.7. The number of anilines is 2. The topological polar surface area (TPSA) is 118 Å². The Morgan fingerprint density at radius 3 is 2.55 bits per heavy atom. The maximum atomic E-state index is 13.5. The fraction of sp³-hybridized carbons (Fsp3) is 0.441. The summed E-state index contributed by atoms with van der Waals surface area (Å²) in [4.78, 5) is 37.6. The second-order valence-electron chi connectivity index (χ2n) is 13.7. The van der Waals surface area contributed by atoms with Gasteiger partial charge in [-0.25, -0.2) is 19.1 Å². The Labute approximate surface area is 257 Å². The molecule has 1 aliphatic carbocycles. The van der Waals surface area contributed by atoms with Crippen LogP contribution in [0.5, 0.6) is 0 Å². The molecule has 0 radical (unpaired) electrons. The number of carbonyl (C=O) groups is 1. The fourth-order valence-corrected chi connectivity index (χ4v) is 6.20. The molecule has 1 saturated carbocycles. The van der Waals surface area contributed by atoms with Gasteiger partial charge < -0.3 is 10.1 Å². The molecule has 6 rings (SSSR count). The van der Waals surface area contributed by atoms with Crippen LogP contribution >= 0.6 is 0 Å². The van der Waals surface area contributed by atoms with Crippen molar-refractivity contribution in [3.63, 3.8) is 0 Å². The molecular weight excluding hydrogens is 554 g/mol. The first-order valence-corrected chi connectivity index (χ1v) is 15.2. The van der Waals surface area contributed by atoms with Crippen molar-refractivity contribution in [3.8, 4) is 11.8 Å². The molecule has 2 aromatic heterocycles. The number of nitrogens with one attached hydrogen (secondary N) is 1. The van der Waals surface area contributed by atoms with Crippen molar-refractivity contribution < 1.29 is 9.53 Å². The molecule has 44 heavy (non-hydrogen) atoms. The Morgan fingerprint density at radius 2 is 1.89 bits per heavy atom. The summed E-state index contributed by atoms with van der Waals surface area (Å²) in [5.41, 5.74) is 3.50. The van der Waals surface area contributed by atoms with Crippen molar-refractivity contribution >= 4 is 28.8 Å². The molecular formula is C34H39N7O3. The largest absolute Gasteiger partial charge is 0.444 e. The zero-order valence-electron chi connectivity index (χ0n) is 26.4. The smallest absolute Gasteiger partial charge is 0.411 e. The maximum Gasteiger partial charge on any atom is 0.411 e. The van der Waals surface area contributed by atoms with E-state index in [0.29, 0.717) is 29.9 Å². The van der Waals surface area contributed by atoms with E-state index in [4.69, 9.17) is 9.72 Å². The van der Waals surface area contributed by atoms with Gasteiger partial charge in [0.2, 0.25) is 5.95 Å². The fourth-order valence-electron chi connectivity index (χ4n) is 6.20. The molecule has 10 nitrogen and oxygen atoms in total. The Kier molecular flexibility index (Phi) is 6.83. The van der Waals surface area contributed by atoms with E-state index < -0.39 is 16.6 Å². The third-order valence-electron chi connectivity index (χ3n) is 8.63. The molecule has 0 bridgehead atoms. The summed E-state index contributed by atoms with van der Waals surface area (Å²) in [7, 11) is 0. The molecule has 0 saturated heterocycles. The summed E-state index contributed by atoms with van der Waals surface area (Å²) in [5.74, 6) is 0.365. The summed E-state index contributed by atoms with van der Waals surface area (Å²) in [6, 6.07) is 16.2. The third kappa shape index (κ3) is 5.00. The number of aromatic nitrogens is 4. The highest BCUT2D eigenvalue weighted by Gasteiger charge is 2.45. The van der Waals surface area contributed by atoms with Crippen molar-refractivity contribution in [2.45, 2.75) is 90.3 Å². The van der Waals surface area contributed by atoms with E-state index in [0.717, 1.165) is 40.9 Å². The second kappa shape index (κ2) is 10.2. The monoisotopic (exact) mass is 593 g/mol. The van der Waals surface area contributed by atoms with Crippen LogP contribution in [0.3, 0.4) is 0 Å². The van der Waals surface area contributed by atoms with Crippen LogP contribution in [0.15, 0.2) is 53.5 Å². The van der Waals surface area contributed by atoms with Crippen LogP contribution in [0.2, 0.25) is 0 Å². The van der Waals surface area contributed by atoms with E-state index in [1.54, 1.807) is 15.8 Å². The Morgan fingerprint density at radius 1 is 1.14 bits per heavy atom. The Bertz CT molecular complexity index is 1880. The number of amides is 1. The quantitative estimate of drug-likeness (QED) is 0.281. The van der Waals surface area contributed by atoms with Crippen LogP contribution in [-0.2, 0) is 22.1 Å². The molecule has 0 spiro atoms. The van der Waals surface area contributed by atoms with Crippen LogP contribution < -0.4 is 10.9 Å². The summed E-state index contributed by atoms with van der Waals surface area (Å²) in [6.45, 7) is 14.2. The Hall–Kier alpha value is -4.65. The number of carbonyl (C=O) groups excluding carboxylic acids is 1. The number of nitrogens with zero attached hydrogens (tertiary/aromatic N) is 6. The van der Waals surface area contributed by atoms with E-state index in [2.05, 4.69) is 22.4 Å². The van der Waals surface area contributed by atoms with Gasteiger partial charge in [0.05, 0.1) is 22.7 Å². The number of benzene rings is 2. The van der Waals surface area contributed by atoms with E-state index in [1.807, 2.05) is 89.5 Å². The van der Waals surface area contributed by atoms with Crippen LogP contribution in [0, 0.1) is 11.3 Å².